The number of nitrogens with one attached hydrogen (secondary N) is 3. The molecule has 0 radical (unpaired) electrons. The van der Waals surface area contributed by atoms with Crippen LogP contribution in [0.3, 0.4) is 0 Å². The maximum absolute atomic E-state index is 11.6. The molecule has 5 nitrogen and oxygen atoms in total. The first-order chi connectivity index (χ1) is 12.1. The summed E-state index contributed by atoms with van der Waals surface area (Å²) in [6, 6.07) is 7.92. The predicted octanol–water partition coefficient (Wildman–Crippen LogP) is 2.83. The molecule has 1 aliphatic carbocycles. The van der Waals surface area contributed by atoms with Gasteiger partial charge < -0.3 is 16.0 Å². The van der Waals surface area contributed by atoms with Crippen LogP contribution in [0, 0.1) is 5.92 Å². The molecule has 0 aromatic heterocycles. The Balaban J connectivity index is 1.82. The molecule has 1 unspecified atom stereocenters. The van der Waals surface area contributed by atoms with Crippen molar-refractivity contribution in [2.75, 3.05) is 32.4 Å². The highest BCUT2D eigenvalue weighted by molar-refractivity contribution is 7.98. The lowest BCUT2D eigenvalue weighted by Crippen LogP contribution is -2.42. The molecule has 0 aliphatic heterocycles. The van der Waals surface area contributed by atoms with Gasteiger partial charge in [-0.05, 0) is 43.7 Å². The van der Waals surface area contributed by atoms with Crippen molar-refractivity contribution < 1.29 is 4.79 Å². The number of rotatable bonds is 9. The molecule has 1 aromatic carbocycles. The molecule has 3 N–H and O–H groups in total. The van der Waals surface area contributed by atoms with Crippen LogP contribution in [0.5, 0.6) is 0 Å². The molecule has 25 heavy (non-hydrogen) atoms. The second-order valence-electron chi connectivity index (χ2n) is 5.99. The molecular formula is C18H27ClN4OS. The largest absolute Gasteiger partial charge is 0.357 e. The molecule has 0 heterocycles. The van der Waals surface area contributed by atoms with E-state index in [1.165, 1.54) is 5.56 Å². The van der Waals surface area contributed by atoms with Crippen LogP contribution in [0.4, 0.5) is 0 Å². The zero-order valence-corrected chi connectivity index (χ0v) is 16.4. The smallest absolute Gasteiger partial charge is 0.223 e. The molecule has 1 aromatic rings. The fourth-order valence-corrected chi connectivity index (χ4v) is 3.24. The standard InChI is InChI=1S/C18H27ClN4OS/c1-3-20-18(22-10-9-21-17(24)13-7-8-13)23-12-16(25-2)14-5-4-6-15(19)11-14/h4-6,11,13,16H,3,7-10,12H2,1-2H3,(H,21,24)(H2,20,22,23). The average Bonchev–Trinajstić information content (AvgIpc) is 3.44. The number of aliphatic imine (C=N–C) groups is 1. The van der Waals surface area contributed by atoms with Gasteiger partial charge >= 0.3 is 0 Å². The van der Waals surface area contributed by atoms with Gasteiger partial charge in [-0.25, -0.2) is 0 Å². The summed E-state index contributed by atoms with van der Waals surface area (Å²) >= 11 is 7.85. The van der Waals surface area contributed by atoms with E-state index in [4.69, 9.17) is 11.6 Å². The van der Waals surface area contributed by atoms with Crippen molar-refractivity contribution in [3.8, 4) is 0 Å². The number of hydrogen-bond acceptors (Lipinski definition) is 3. The lowest BCUT2D eigenvalue weighted by molar-refractivity contribution is -0.122. The van der Waals surface area contributed by atoms with Gasteiger partial charge in [0.1, 0.15) is 0 Å². The number of halogens is 1. The molecule has 1 amide bonds. The zero-order valence-electron chi connectivity index (χ0n) is 14.8. The zero-order chi connectivity index (χ0) is 18.1. The Hall–Kier alpha value is -1.40. The van der Waals surface area contributed by atoms with Gasteiger partial charge in [-0.3, -0.25) is 9.79 Å². The number of nitrogens with zero attached hydrogens (tertiary/aromatic N) is 1. The molecule has 138 valence electrons. The Morgan fingerprint density at radius 2 is 2.08 bits per heavy atom. The highest BCUT2D eigenvalue weighted by Crippen LogP contribution is 2.29. The first kappa shape index (κ1) is 19.9. The number of hydrogen-bond donors (Lipinski definition) is 3. The first-order valence-electron chi connectivity index (χ1n) is 8.72. The van der Waals surface area contributed by atoms with Crippen LogP contribution >= 0.6 is 23.4 Å². The fourth-order valence-electron chi connectivity index (χ4n) is 2.40. The maximum Gasteiger partial charge on any atom is 0.223 e. The molecular weight excluding hydrogens is 356 g/mol. The summed E-state index contributed by atoms with van der Waals surface area (Å²) in [4.78, 5) is 16.3. The topological polar surface area (TPSA) is 65.5 Å². The SMILES string of the molecule is CCNC(=NCC(SC)c1cccc(Cl)c1)NCCNC(=O)C1CC1. The van der Waals surface area contributed by atoms with Gasteiger partial charge in [0.15, 0.2) is 5.96 Å². The molecule has 0 spiro atoms. The summed E-state index contributed by atoms with van der Waals surface area (Å²) in [5, 5.41) is 10.5. The van der Waals surface area contributed by atoms with Crippen LogP contribution in [0.15, 0.2) is 29.3 Å². The number of benzene rings is 1. The van der Waals surface area contributed by atoms with Gasteiger partial charge in [0.2, 0.25) is 5.91 Å². The molecule has 7 heteroatoms. The summed E-state index contributed by atoms with van der Waals surface area (Å²) in [6.07, 6.45) is 4.14. The van der Waals surface area contributed by atoms with Crippen molar-refractivity contribution >= 4 is 35.2 Å². The molecule has 1 aliphatic rings. The van der Waals surface area contributed by atoms with Gasteiger partial charge in [0.25, 0.3) is 0 Å². The number of amides is 1. The Labute approximate surface area is 159 Å². The summed E-state index contributed by atoms with van der Waals surface area (Å²) in [5.74, 6) is 1.19. The Bertz CT molecular complexity index is 592. The number of carbonyl (C=O) groups is 1. The summed E-state index contributed by atoms with van der Waals surface area (Å²) in [5.41, 5.74) is 1.18. The van der Waals surface area contributed by atoms with Crippen molar-refractivity contribution in [3.05, 3.63) is 34.9 Å². The van der Waals surface area contributed by atoms with E-state index in [1.807, 2.05) is 25.1 Å². The van der Waals surface area contributed by atoms with Crippen molar-refractivity contribution in [1.82, 2.24) is 16.0 Å². The first-order valence-corrected chi connectivity index (χ1v) is 10.4. The van der Waals surface area contributed by atoms with Crippen molar-refractivity contribution in [3.63, 3.8) is 0 Å². The van der Waals surface area contributed by atoms with Crippen LogP contribution in [0.2, 0.25) is 5.02 Å². The van der Waals surface area contributed by atoms with Gasteiger partial charge in [-0.1, -0.05) is 23.7 Å². The second kappa shape index (κ2) is 10.6. The predicted molar refractivity (Wildman–Crippen MR) is 107 cm³/mol. The van der Waals surface area contributed by atoms with Gasteiger partial charge in [-0.15, -0.1) is 0 Å². The average molecular weight is 383 g/mol. The highest BCUT2D eigenvalue weighted by atomic mass is 35.5. The van der Waals surface area contributed by atoms with E-state index in [2.05, 4.69) is 33.3 Å². The van der Waals surface area contributed by atoms with E-state index >= 15 is 0 Å². The quantitative estimate of drug-likeness (QED) is 0.349. The van der Waals surface area contributed by atoms with E-state index in [1.54, 1.807) is 11.8 Å². The third kappa shape index (κ3) is 7.16. The number of guanidine groups is 1. The Kier molecular flexibility index (Phi) is 8.41. The lowest BCUT2D eigenvalue weighted by atomic mass is 10.1. The second-order valence-corrected chi connectivity index (χ2v) is 7.47. The number of carbonyl (C=O) groups excluding carboxylic acids is 1. The summed E-state index contributed by atoms with van der Waals surface area (Å²) < 4.78 is 0. The lowest BCUT2D eigenvalue weighted by Gasteiger charge is -2.16. The van der Waals surface area contributed by atoms with Gasteiger partial charge in [0, 0.05) is 35.8 Å². The monoisotopic (exact) mass is 382 g/mol. The van der Waals surface area contributed by atoms with E-state index < -0.39 is 0 Å². The third-order valence-corrected chi connectivity index (χ3v) is 5.15. The maximum atomic E-state index is 11.6. The molecule has 2 rings (SSSR count). The normalized spacial score (nSPS) is 15.6. The van der Waals surface area contributed by atoms with E-state index in [-0.39, 0.29) is 17.1 Å². The Morgan fingerprint density at radius 3 is 2.72 bits per heavy atom. The van der Waals surface area contributed by atoms with Gasteiger partial charge in [0.05, 0.1) is 6.54 Å². The molecule has 0 bridgehead atoms. The minimum Gasteiger partial charge on any atom is -0.357 e. The highest BCUT2D eigenvalue weighted by Gasteiger charge is 2.28. The van der Waals surface area contributed by atoms with Crippen LogP contribution in [0.25, 0.3) is 0 Å². The molecule has 0 saturated heterocycles. The van der Waals surface area contributed by atoms with Gasteiger partial charge in [-0.2, -0.15) is 11.8 Å². The minimum atomic E-state index is 0.173. The summed E-state index contributed by atoms with van der Waals surface area (Å²) in [6.45, 7) is 4.76. The van der Waals surface area contributed by atoms with E-state index in [0.29, 0.717) is 19.6 Å². The molecule has 1 atom stereocenters. The third-order valence-electron chi connectivity index (χ3n) is 3.93. The van der Waals surface area contributed by atoms with Crippen LogP contribution in [-0.2, 0) is 4.79 Å². The van der Waals surface area contributed by atoms with Crippen molar-refractivity contribution in [1.29, 1.82) is 0 Å². The van der Waals surface area contributed by atoms with E-state index in [0.717, 1.165) is 30.4 Å². The minimum absolute atomic E-state index is 0.173. The number of thioether (sulfide) groups is 1. The Morgan fingerprint density at radius 1 is 1.32 bits per heavy atom. The van der Waals surface area contributed by atoms with Crippen LogP contribution in [0.1, 0.15) is 30.6 Å². The fraction of sp³-hybridized carbons (Fsp3) is 0.556. The molecule has 1 saturated carbocycles. The van der Waals surface area contributed by atoms with Crippen LogP contribution in [-0.4, -0.2) is 44.3 Å². The van der Waals surface area contributed by atoms with Crippen molar-refractivity contribution in [2.24, 2.45) is 10.9 Å². The van der Waals surface area contributed by atoms with Crippen molar-refractivity contribution in [2.45, 2.75) is 25.0 Å². The van der Waals surface area contributed by atoms with Crippen LogP contribution < -0.4 is 16.0 Å². The van der Waals surface area contributed by atoms with E-state index in [9.17, 15) is 4.79 Å². The molecule has 1 fully saturated rings. The summed E-state index contributed by atoms with van der Waals surface area (Å²) in [7, 11) is 0.